The normalized spacial score (nSPS) is 11.2. The van der Waals surface area contributed by atoms with Crippen LogP contribution in [-0.4, -0.2) is 44.2 Å². The van der Waals surface area contributed by atoms with Crippen LogP contribution < -0.4 is 10.1 Å². The lowest BCUT2D eigenvalue weighted by Gasteiger charge is -2.13. The van der Waals surface area contributed by atoms with Crippen LogP contribution in [0.25, 0.3) is 10.8 Å². The smallest absolute Gasteiger partial charge is 0.221 e. The van der Waals surface area contributed by atoms with Gasteiger partial charge in [0, 0.05) is 24.7 Å². The number of ether oxygens (including phenoxy) is 1. The molecule has 4 heteroatoms. The van der Waals surface area contributed by atoms with Crippen molar-refractivity contribution in [2.24, 2.45) is 0 Å². The largest absolute Gasteiger partial charge is 0.477 e. The second-order valence-corrected chi connectivity index (χ2v) is 5.17. The predicted molar refractivity (Wildman–Crippen MR) is 83.2 cm³/mol. The molecule has 0 spiro atoms. The van der Waals surface area contributed by atoms with Gasteiger partial charge in [0.2, 0.25) is 5.88 Å². The Balaban J connectivity index is 2.15. The topological polar surface area (TPSA) is 37.4 Å². The second kappa shape index (κ2) is 7.22. The first-order valence-corrected chi connectivity index (χ1v) is 7.01. The zero-order valence-electron chi connectivity index (χ0n) is 12.5. The van der Waals surface area contributed by atoms with Gasteiger partial charge in [0.1, 0.15) is 0 Å². The van der Waals surface area contributed by atoms with Gasteiger partial charge < -0.3 is 15.0 Å². The summed E-state index contributed by atoms with van der Waals surface area (Å²) in [6.45, 7) is 2.53. The minimum absolute atomic E-state index is 0.695. The number of hydrogen-bond donors (Lipinski definition) is 1. The lowest BCUT2D eigenvalue weighted by molar-refractivity contribution is 0.276. The predicted octanol–water partition coefficient (Wildman–Crippen LogP) is 2.28. The van der Waals surface area contributed by atoms with Gasteiger partial charge in [-0.1, -0.05) is 18.2 Å². The Hall–Kier alpha value is -1.65. The number of nitrogens with one attached hydrogen (secondary N) is 1. The molecular formula is C16H23N3O. The van der Waals surface area contributed by atoms with Crippen molar-refractivity contribution in [2.45, 2.75) is 13.0 Å². The number of pyridine rings is 1. The standard InChI is InChI=1S/C16H23N3O/c1-17-11-13-12-18-16(20-10-6-9-19(2)3)15-8-5-4-7-14(13)15/h4-5,7-8,12,17H,6,9-11H2,1-3H3. The fourth-order valence-corrected chi connectivity index (χ4v) is 2.22. The van der Waals surface area contributed by atoms with E-state index in [2.05, 4.69) is 47.5 Å². The summed E-state index contributed by atoms with van der Waals surface area (Å²) in [5, 5.41) is 5.47. The van der Waals surface area contributed by atoms with Crippen molar-refractivity contribution in [3.8, 4) is 5.88 Å². The van der Waals surface area contributed by atoms with Crippen LogP contribution in [0.1, 0.15) is 12.0 Å². The first-order valence-electron chi connectivity index (χ1n) is 7.01. The van der Waals surface area contributed by atoms with Gasteiger partial charge in [0.05, 0.1) is 6.61 Å². The summed E-state index contributed by atoms with van der Waals surface area (Å²) >= 11 is 0. The van der Waals surface area contributed by atoms with Crippen LogP contribution in [0.4, 0.5) is 0 Å². The molecule has 0 atom stereocenters. The van der Waals surface area contributed by atoms with Crippen LogP contribution in [0.15, 0.2) is 30.5 Å². The third-order valence-corrected chi connectivity index (χ3v) is 3.20. The SMILES string of the molecule is CNCc1cnc(OCCCN(C)C)c2ccccc12. The van der Waals surface area contributed by atoms with E-state index >= 15 is 0 Å². The van der Waals surface area contributed by atoms with Gasteiger partial charge in [-0.05, 0) is 44.6 Å². The van der Waals surface area contributed by atoms with Gasteiger partial charge in [0.25, 0.3) is 0 Å². The Kier molecular flexibility index (Phi) is 5.32. The van der Waals surface area contributed by atoms with Crippen molar-refractivity contribution in [1.82, 2.24) is 15.2 Å². The summed E-state index contributed by atoms with van der Waals surface area (Å²) < 4.78 is 5.84. The monoisotopic (exact) mass is 273 g/mol. The van der Waals surface area contributed by atoms with Crippen molar-refractivity contribution >= 4 is 10.8 Å². The molecule has 2 aromatic rings. The van der Waals surface area contributed by atoms with E-state index in [0.29, 0.717) is 6.61 Å². The molecule has 0 fully saturated rings. The Bertz CT molecular complexity index is 554. The molecule has 0 aliphatic rings. The number of hydrogen-bond acceptors (Lipinski definition) is 4. The first kappa shape index (κ1) is 14.8. The Morgan fingerprint density at radius 3 is 2.65 bits per heavy atom. The van der Waals surface area contributed by atoms with Gasteiger partial charge in [-0.25, -0.2) is 4.98 Å². The van der Waals surface area contributed by atoms with E-state index < -0.39 is 0 Å². The lowest BCUT2D eigenvalue weighted by Crippen LogP contribution is -2.15. The highest BCUT2D eigenvalue weighted by molar-refractivity contribution is 5.89. The van der Waals surface area contributed by atoms with Gasteiger partial charge in [-0.2, -0.15) is 0 Å². The summed E-state index contributed by atoms with van der Waals surface area (Å²) in [7, 11) is 6.08. The maximum Gasteiger partial charge on any atom is 0.221 e. The Morgan fingerprint density at radius 1 is 1.20 bits per heavy atom. The average molecular weight is 273 g/mol. The maximum atomic E-state index is 5.84. The molecule has 0 saturated heterocycles. The van der Waals surface area contributed by atoms with E-state index in [4.69, 9.17) is 4.74 Å². The van der Waals surface area contributed by atoms with Crippen molar-refractivity contribution in [3.05, 3.63) is 36.0 Å². The highest BCUT2D eigenvalue weighted by Gasteiger charge is 2.07. The molecule has 4 nitrogen and oxygen atoms in total. The minimum atomic E-state index is 0.695. The summed E-state index contributed by atoms with van der Waals surface area (Å²) in [5.74, 6) is 0.735. The van der Waals surface area contributed by atoms with Gasteiger partial charge in [-0.3, -0.25) is 0 Å². The molecule has 1 heterocycles. The molecule has 108 valence electrons. The van der Waals surface area contributed by atoms with Crippen molar-refractivity contribution < 1.29 is 4.74 Å². The number of rotatable bonds is 7. The lowest BCUT2D eigenvalue weighted by atomic mass is 10.1. The molecular weight excluding hydrogens is 250 g/mol. The van der Waals surface area contributed by atoms with Gasteiger partial charge in [-0.15, -0.1) is 0 Å². The summed E-state index contributed by atoms with van der Waals surface area (Å²) in [6, 6.07) is 8.27. The third-order valence-electron chi connectivity index (χ3n) is 3.20. The molecule has 1 N–H and O–H groups in total. The molecule has 0 radical (unpaired) electrons. The van der Waals surface area contributed by atoms with Crippen LogP contribution in [0.5, 0.6) is 5.88 Å². The van der Waals surface area contributed by atoms with E-state index in [1.807, 2.05) is 19.3 Å². The highest BCUT2D eigenvalue weighted by atomic mass is 16.5. The molecule has 0 aliphatic heterocycles. The molecule has 0 saturated carbocycles. The summed E-state index contributed by atoms with van der Waals surface area (Å²) in [5.41, 5.74) is 1.20. The average Bonchev–Trinajstić information content (AvgIpc) is 2.45. The molecule has 0 bridgehead atoms. The first-order chi connectivity index (χ1) is 9.72. The molecule has 2 rings (SSSR count). The van der Waals surface area contributed by atoms with Crippen molar-refractivity contribution in [3.63, 3.8) is 0 Å². The molecule has 1 aromatic carbocycles. The Morgan fingerprint density at radius 2 is 1.95 bits per heavy atom. The van der Waals surface area contributed by atoms with Gasteiger partial charge in [0.15, 0.2) is 0 Å². The van der Waals surface area contributed by atoms with Gasteiger partial charge >= 0.3 is 0 Å². The zero-order chi connectivity index (χ0) is 14.4. The van der Waals surface area contributed by atoms with Crippen LogP contribution in [0, 0.1) is 0 Å². The van der Waals surface area contributed by atoms with Crippen LogP contribution in [0.2, 0.25) is 0 Å². The Labute approximate surface area is 120 Å². The number of nitrogens with zero attached hydrogens (tertiary/aromatic N) is 2. The maximum absolute atomic E-state index is 5.84. The van der Waals surface area contributed by atoms with E-state index in [-0.39, 0.29) is 0 Å². The zero-order valence-corrected chi connectivity index (χ0v) is 12.5. The molecule has 0 unspecified atom stereocenters. The van der Waals surface area contributed by atoms with E-state index in [1.165, 1.54) is 10.9 Å². The molecule has 0 aliphatic carbocycles. The van der Waals surface area contributed by atoms with Crippen molar-refractivity contribution in [2.75, 3.05) is 34.3 Å². The highest BCUT2D eigenvalue weighted by Crippen LogP contribution is 2.26. The van der Waals surface area contributed by atoms with Crippen LogP contribution in [-0.2, 0) is 6.54 Å². The quantitative estimate of drug-likeness (QED) is 0.785. The summed E-state index contributed by atoms with van der Waals surface area (Å²) in [4.78, 5) is 6.62. The molecule has 0 amide bonds. The number of benzene rings is 1. The van der Waals surface area contributed by atoms with E-state index in [0.717, 1.165) is 30.8 Å². The number of fused-ring (bicyclic) bond motifs is 1. The fraction of sp³-hybridized carbons (Fsp3) is 0.438. The minimum Gasteiger partial charge on any atom is -0.477 e. The number of aromatic nitrogens is 1. The molecule has 20 heavy (non-hydrogen) atoms. The van der Waals surface area contributed by atoms with E-state index in [1.54, 1.807) is 0 Å². The van der Waals surface area contributed by atoms with Crippen LogP contribution >= 0.6 is 0 Å². The summed E-state index contributed by atoms with van der Waals surface area (Å²) in [6.07, 6.45) is 2.90. The fourth-order valence-electron chi connectivity index (χ4n) is 2.22. The van der Waals surface area contributed by atoms with E-state index in [9.17, 15) is 0 Å². The third kappa shape index (κ3) is 3.68. The second-order valence-electron chi connectivity index (χ2n) is 5.17. The van der Waals surface area contributed by atoms with Crippen LogP contribution in [0.3, 0.4) is 0 Å². The van der Waals surface area contributed by atoms with Crippen molar-refractivity contribution in [1.29, 1.82) is 0 Å². The molecule has 1 aromatic heterocycles.